The molecular formula is C30H46B5N3O10S. The van der Waals surface area contributed by atoms with E-state index in [-0.39, 0.29) is 17.2 Å². The fraction of sp³-hybridized carbons (Fsp3) is 0.367. The van der Waals surface area contributed by atoms with E-state index in [1.54, 1.807) is 48.7 Å². The van der Waals surface area contributed by atoms with E-state index in [1.807, 2.05) is 11.3 Å². The van der Waals surface area contributed by atoms with E-state index in [0.29, 0.717) is 10.9 Å². The van der Waals surface area contributed by atoms with Gasteiger partial charge in [0, 0.05) is 46.2 Å². The molecule has 2 aliphatic rings. The average molecular weight is 695 g/mol. The monoisotopic (exact) mass is 695 g/mol. The highest BCUT2D eigenvalue weighted by Gasteiger charge is 2.33. The van der Waals surface area contributed by atoms with Gasteiger partial charge in [0.25, 0.3) is 0 Å². The van der Waals surface area contributed by atoms with Crippen LogP contribution in [0.4, 0.5) is 0 Å². The minimum absolute atomic E-state index is 0.166. The minimum Gasteiger partial charge on any atom is -0.427 e. The zero-order valence-electron chi connectivity index (χ0n) is 27.8. The lowest BCUT2D eigenvalue weighted by molar-refractivity contribution is 0.351. The van der Waals surface area contributed by atoms with Crippen LogP contribution >= 0.6 is 11.3 Å². The molecule has 0 amide bonds. The van der Waals surface area contributed by atoms with Crippen LogP contribution in [0.25, 0.3) is 0 Å². The Bertz CT molecular complexity index is 1220. The quantitative estimate of drug-likeness (QED) is 0.114. The topological polar surface area (TPSA) is 241 Å². The molecule has 0 bridgehead atoms. The summed E-state index contributed by atoms with van der Waals surface area (Å²) >= 11 is 1.84. The summed E-state index contributed by atoms with van der Waals surface area (Å²) in [7, 11) is -6.34. The molecule has 4 aromatic rings. The molecule has 0 unspecified atom stereocenters. The van der Waals surface area contributed by atoms with Gasteiger partial charge in [-0.3, -0.25) is 15.0 Å². The van der Waals surface area contributed by atoms with E-state index >= 15 is 0 Å². The molecule has 0 spiro atoms. The Hall–Kier alpha value is -2.93. The first-order valence-electron chi connectivity index (χ1n) is 15.9. The van der Waals surface area contributed by atoms with Gasteiger partial charge in [0.05, 0.1) is 5.59 Å². The van der Waals surface area contributed by atoms with Crippen molar-refractivity contribution in [3.8, 4) is 0 Å². The van der Waals surface area contributed by atoms with Gasteiger partial charge in [-0.1, -0.05) is 57.1 Å². The highest BCUT2D eigenvalue weighted by molar-refractivity contribution is 7.11. The van der Waals surface area contributed by atoms with Crippen molar-refractivity contribution in [2.75, 3.05) is 0 Å². The second-order valence-electron chi connectivity index (χ2n) is 11.2. The molecule has 0 radical (unpaired) electrons. The summed E-state index contributed by atoms with van der Waals surface area (Å²) in [6, 6.07) is 15.6. The molecule has 49 heavy (non-hydrogen) atoms. The van der Waals surface area contributed by atoms with Crippen molar-refractivity contribution in [1.82, 2.24) is 15.0 Å². The number of hydrogen-bond acceptors (Lipinski definition) is 14. The number of aryl methyl sites for hydroxylation is 2. The summed E-state index contributed by atoms with van der Waals surface area (Å²) in [5, 5.41) is 85.2. The molecule has 4 heterocycles. The van der Waals surface area contributed by atoms with Gasteiger partial charge in [-0.25, -0.2) is 0 Å². The van der Waals surface area contributed by atoms with Gasteiger partial charge in [0.15, 0.2) is 0 Å². The van der Waals surface area contributed by atoms with Crippen molar-refractivity contribution in [2.24, 2.45) is 0 Å². The van der Waals surface area contributed by atoms with Gasteiger partial charge in [-0.15, -0.1) is 11.3 Å². The van der Waals surface area contributed by atoms with E-state index in [9.17, 15) is 0 Å². The Kier molecular flexibility index (Phi) is 23.4. The van der Waals surface area contributed by atoms with Gasteiger partial charge in [-0.2, -0.15) is 0 Å². The highest BCUT2D eigenvalue weighted by atomic mass is 32.1. The molecule has 6 rings (SSSR count). The molecule has 0 atom stereocenters. The Morgan fingerprint density at radius 3 is 1.35 bits per heavy atom. The second-order valence-corrected chi connectivity index (χ2v) is 12.7. The molecule has 13 nitrogen and oxygen atoms in total. The Morgan fingerprint density at radius 2 is 1.08 bits per heavy atom. The third-order valence-electron chi connectivity index (χ3n) is 6.93. The molecule has 262 valence electrons. The Labute approximate surface area is 293 Å². The lowest BCUT2D eigenvalue weighted by Crippen LogP contribution is -2.31. The Balaban J connectivity index is 0.000000296. The first-order chi connectivity index (χ1) is 23.3. The van der Waals surface area contributed by atoms with Crippen LogP contribution in [-0.4, -0.2) is 101 Å². The van der Waals surface area contributed by atoms with E-state index in [1.165, 1.54) is 53.8 Å². The van der Waals surface area contributed by atoms with Crippen LogP contribution in [0.15, 0.2) is 85.6 Å². The van der Waals surface area contributed by atoms with Crippen LogP contribution in [0.5, 0.6) is 0 Å². The molecule has 2 saturated carbocycles. The van der Waals surface area contributed by atoms with Crippen LogP contribution in [0.3, 0.4) is 0 Å². The predicted molar refractivity (Wildman–Crippen MR) is 196 cm³/mol. The van der Waals surface area contributed by atoms with Crippen LogP contribution in [0.1, 0.15) is 54.7 Å². The maximum Gasteiger partial charge on any atom is 0.508 e. The maximum atomic E-state index is 8.73. The minimum atomic E-state index is -1.45. The maximum absolute atomic E-state index is 8.73. The van der Waals surface area contributed by atoms with Crippen molar-refractivity contribution in [1.29, 1.82) is 0 Å². The van der Waals surface area contributed by atoms with E-state index in [4.69, 9.17) is 50.2 Å². The summed E-state index contributed by atoms with van der Waals surface area (Å²) in [4.78, 5) is 13.9. The van der Waals surface area contributed by atoms with Gasteiger partial charge in [0.1, 0.15) is 0 Å². The fourth-order valence-corrected chi connectivity index (χ4v) is 4.76. The van der Waals surface area contributed by atoms with Crippen LogP contribution < -0.4 is 16.5 Å². The predicted octanol–water partition coefficient (Wildman–Crippen LogP) is -0.934. The number of aromatic nitrogens is 3. The second kappa shape index (κ2) is 26.0. The summed E-state index contributed by atoms with van der Waals surface area (Å²) in [6.45, 7) is 4.25. The van der Waals surface area contributed by atoms with Crippen LogP contribution in [0, 0.1) is 13.8 Å². The van der Waals surface area contributed by atoms with Crippen molar-refractivity contribution >= 4 is 63.4 Å². The molecule has 10 N–H and O–H groups in total. The third-order valence-corrected chi connectivity index (χ3v) is 7.85. The average Bonchev–Trinajstić information content (AvgIpc) is 3.90. The smallest absolute Gasteiger partial charge is 0.427 e. The first-order valence-corrected chi connectivity index (χ1v) is 16.7. The summed E-state index contributed by atoms with van der Waals surface area (Å²) in [5.41, 5.74) is 1.15. The van der Waals surface area contributed by atoms with Crippen molar-refractivity contribution in [3.63, 3.8) is 0 Å². The molecule has 0 aromatic carbocycles. The number of pyridine rings is 3. The largest absolute Gasteiger partial charge is 0.508 e. The number of hydrogen-bond donors (Lipinski definition) is 10. The molecular weight excluding hydrogens is 648 g/mol. The van der Waals surface area contributed by atoms with Crippen LogP contribution in [0.2, 0.25) is 11.6 Å². The molecule has 0 aliphatic heterocycles. The van der Waals surface area contributed by atoms with E-state index in [2.05, 4.69) is 40.9 Å². The molecule has 4 aromatic heterocycles. The summed E-state index contributed by atoms with van der Waals surface area (Å²) in [5.74, 6) is 0.378. The molecule has 2 fully saturated rings. The summed E-state index contributed by atoms with van der Waals surface area (Å²) in [6.07, 6.45) is 15.1. The van der Waals surface area contributed by atoms with Gasteiger partial charge < -0.3 is 50.2 Å². The fourth-order valence-electron chi connectivity index (χ4n) is 3.98. The van der Waals surface area contributed by atoms with Crippen molar-refractivity contribution in [2.45, 2.75) is 70.4 Å². The lowest BCUT2D eigenvalue weighted by Gasteiger charge is -2.19. The normalized spacial score (nSPS) is 13.0. The molecule has 2 aliphatic carbocycles. The van der Waals surface area contributed by atoms with Gasteiger partial charge in [0.2, 0.25) is 0 Å². The Morgan fingerprint density at radius 1 is 0.531 bits per heavy atom. The zero-order chi connectivity index (χ0) is 36.6. The zero-order valence-corrected chi connectivity index (χ0v) is 28.6. The molecule has 19 heteroatoms. The SMILES string of the molecule is Cc1ccc(C)s1.OB(O)C1CC1.OB(O)C1CCCCC1.OB(O)c1ccccn1.OB(O)c1cccnc1.OB(O)c1ccncc1. The highest BCUT2D eigenvalue weighted by Crippen LogP contribution is 2.36. The van der Waals surface area contributed by atoms with Crippen molar-refractivity contribution < 1.29 is 50.2 Å². The van der Waals surface area contributed by atoms with Gasteiger partial charge in [-0.05, 0) is 73.4 Å². The van der Waals surface area contributed by atoms with E-state index in [0.717, 1.165) is 25.7 Å². The molecule has 0 saturated heterocycles. The number of thiophene rings is 1. The third kappa shape index (κ3) is 22.4. The summed E-state index contributed by atoms with van der Waals surface area (Å²) < 4.78 is 0. The van der Waals surface area contributed by atoms with Crippen LogP contribution in [-0.2, 0) is 0 Å². The number of nitrogens with zero attached hydrogens (tertiary/aromatic N) is 3. The van der Waals surface area contributed by atoms with Gasteiger partial charge >= 0.3 is 35.6 Å². The van der Waals surface area contributed by atoms with Crippen molar-refractivity contribution in [3.05, 3.63) is 95.3 Å². The lowest BCUT2D eigenvalue weighted by atomic mass is 9.65. The standard InChI is InChI=1S/C6H13BO2.C6H8S.3C5H6BNO2.C3H7BO2/c8-7(9)6-4-2-1-3-5-6;1-5-3-4-6(2)7-5;8-6(9)5-1-3-7-4-2-5;8-6(9)5-2-1-3-7-4-5;8-6(9)5-3-1-2-4-7-5;5-4(6)3-1-2-3/h6,8-9H,1-5H2;3-4H,1-2H3;3*1-4,8-9H;3,5-6H,1-2H2. The number of rotatable bonds is 5. The van der Waals surface area contributed by atoms with E-state index < -0.39 is 35.6 Å². The first kappa shape index (κ1) is 44.1.